The first-order valence-corrected chi connectivity index (χ1v) is 7.65. The number of hydrogen-bond donors (Lipinski definition) is 0. The molecule has 0 atom stereocenters. The summed E-state index contributed by atoms with van der Waals surface area (Å²) >= 11 is 0. The molecular formula is C17H25NO4. The van der Waals surface area contributed by atoms with E-state index in [9.17, 15) is 9.59 Å². The summed E-state index contributed by atoms with van der Waals surface area (Å²) in [6.45, 7) is 8.69. The summed E-state index contributed by atoms with van der Waals surface area (Å²) in [6.07, 6.45) is 0.203. The van der Waals surface area contributed by atoms with Gasteiger partial charge in [-0.15, -0.1) is 0 Å². The molecule has 1 amide bonds. The lowest BCUT2D eigenvalue weighted by Crippen LogP contribution is -2.34. The van der Waals surface area contributed by atoms with Crippen molar-refractivity contribution in [3.8, 4) is 5.75 Å². The topological polar surface area (TPSA) is 55.8 Å². The van der Waals surface area contributed by atoms with Crippen LogP contribution < -0.4 is 4.74 Å². The summed E-state index contributed by atoms with van der Waals surface area (Å²) in [7, 11) is 0. The van der Waals surface area contributed by atoms with E-state index in [4.69, 9.17) is 9.47 Å². The van der Waals surface area contributed by atoms with Gasteiger partial charge in [0.2, 0.25) is 0 Å². The van der Waals surface area contributed by atoms with Crippen LogP contribution in [0.5, 0.6) is 5.75 Å². The average Bonchev–Trinajstić information content (AvgIpc) is 2.46. The average molecular weight is 307 g/mol. The summed E-state index contributed by atoms with van der Waals surface area (Å²) in [6, 6.07) is 7.33. The zero-order chi connectivity index (χ0) is 16.5. The minimum absolute atomic E-state index is 0.0777. The summed E-state index contributed by atoms with van der Waals surface area (Å²) in [5, 5.41) is 0. The van der Waals surface area contributed by atoms with Crippen LogP contribution in [-0.2, 0) is 20.7 Å². The first kappa shape index (κ1) is 18.0. The third kappa shape index (κ3) is 6.16. The van der Waals surface area contributed by atoms with Crippen molar-refractivity contribution in [2.75, 3.05) is 19.7 Å². The second kappa shape index (κ2) is 9.07. The molecule has 0 N–H and O–H groups in total. The van der Waals surface area contributed by atoms with E-state index in [1.54, 1.807) is 4.90 Å². The Morgan fingerprint density at radius 3 is 2.45 bits per heavy atom. The Morgan fingerprint density at radius 1 is 1.18 bits per heavy atom. The van der Waals surface area contributed by atoms with Gasteiger partial charge in [-0.05, 0) is 45.4 Å². The minimum Gasteiger partial charge on any atom is -0.491 e. The Labute approximate surface area is 132 Å². The summed E-state index contributed by atoms with van der Waals surface area (Å²) < 4.78 is 10.6. The number of esters is 1. The zero-order valence-electron chi connectivity index (χ0n) is 13.8. The molecule has 1 aromatic rings. The molecule has 0 bridgehead atoms. The van der Waals surface area contributed by atoms with Crippen LogP contribution in [0.1, 0.15) is 33.3 Å². The lowest BCUT2D eigenvalue weighted by Gasteiger charge is -2.18. The largest absolute Gasteiger partial charge is 0.491 e. The van der Waals surface area contributed by atoms with E-state index >= 15 is 0 Å². The molecule has 0 aliphatic carbocycles. The SMILES string of the molecule is CCN(CC)C(=O)COC(=O)Cc1cccc(OC(C)C)c1. The molecule has 0 heterocycles. The van der Waals surface area contributed by atoms with E-state index in [-0.39, 0.29) is 25.0 Å². The van der Waals surface area contributed by atoms with Crippen molar-refractivity contribution < 1.29 is 19.1 Å². The first-order chi connectivity index (χ1) is 10.5. The molecule has 5 nitrogen and oxygen atoms in total. The molecule has 0 aliphatic heterocycles. The Kier molecular flexibility index (Phi) is 7.43. The third-order valence-electron chi connectivity index (χ3n) is 3.09. The van der Waals surface area contributed by atoms with Gasteiger partial charge in [0.25, 0.3) is 5.91 Å². The molecule has 0 radical (unpaired) electrons. The maximum Gasteiger partial charge on any atom is 0.310 e. The van der Waals surface area contributed by atoms with Crippen molar-refractivity contribution in [3.63, 3.8) is 0 Å². The molecule has 0 unspecified atom stereocenters. The fourth-order valence-electron chi connectivity index (χ4n) is 2.03. The van der Waals surface area contributed by atoms with Crippen LogP contribution in [0, 0.1) is 0 Å². The first-order valence-electron chi connectivity index (χ1n) is 7.65. The Morgan fingerprint density at radius 2 is 1.86 bits per heavy atom. The zero-order valence-corrected chi connectivity index (χ0v) is 13.8. The fourth-order valence-corrected chi connectivity index (χ4v) is 2.03. The van der Waals surface area contributed by atoms with Crippen LogP contribution in [0.4, 0.5) is 0 Å². The van der Waals surface area contributed by atoms with Crippen molar-refractivity contribution in [2.24, 2.45) is 0 Å². The molecule has 0 saturated heterocycles. The number of hydrogen-bond acceptors (Lipinski definition) is 4. The van der Waals surface area contributed by atoms with E-state index in [1.165, 1.54) is 0 Å². The molecule has 22 heavy (non-hydrogen) atoms. The quantitative estimate of drug-likeness (QED) is 0.692. The normalized spacial score (nSPS) is 10.4. The van der Waals surface area contributed by atoms with Crippen LogP contribution in [0.2, 0.25) is 0 Å². The molecule has 122 valence electrons. The van der Waals surface area contributed by atoms with Gasteiger partial charge in [0.15, 0.2) is 6.61 Å². The molecular weight excluding hydrogens is 282 g/mol. The van der Waals surface area contributed by atoms with Crippen LogP contribution >= 0.6 is 0 Å². The maximum absolute atomic E-state index is 11.8. The number of carbonyl (C=O) groups is 2. The smallest absolute Gasteiger partial charge is 0.310 e. The van der Waals surface area contributed by atoms with Gasteiger partial charge in [0.1, 0.15) is 5.75 Å². The Bertz CT molecular complexity index is 495. The summed E-state index contributed by atoms with van der Waals surface area (Å²) in [4.78, 5) is 25.2. The number of likely N-dealkylation sites (N-methyl/N-ethyl adjacent to an activating group) is 1. The van der Waals surface area contributed by atoms with Gasteiger partial charge in [-0.25, -0.2) is 0 Å². The van der Waals surface area contributed by atoms with E-state index in [2.05, 4.69) is 0 Å². The minimum atomic E-state index is -0.415. The molecule has 0 spiro atoms. The third-order valence-corrected chi connectivity index (χ3v) is 3.09. The lowest BCUT2D eigenvalue weighted by atomic mass is 10.1. The van der Waals surface area contributed by atoms with E-state index in [1.807, 2.05) is 52.0 Å². The highest BCUT2D eigenvalue weighted by molar-refractivity contribution is 5.81. The maximum atomic E-state index is 11.8. The van der Waals surface area contributed by atoms with Gasteiger partial charge in [-0.3, -0.25) is 9.59 Å². The van der Waals surface area contributed by atoms with Crippen LogP contribution in [0.3, 0.4) is 0 Å². The molecule has 5 heteroatoms. The van der Waals surface area contributed by atoms with E-state index in [0.717, 1.165) is 11.3 Å². The molecule has 0 aromatic heterocycles. The van der Waals surface area contributed by atoms with E-state index < -0.39 is 5.97 Å². The highest BCUT2D eigenvalue weighted by Gasteiger charge is 2.13. The predicted molar refractivity (Wildman–Crippen MR) is 84.8 cm³/mol. The van der Waals surface area contributed by atoms with Gasteiger partial charge in [-0.2, -0.15) is 0 Å². The highest BCUT2D eigenvalue weighted by Crippen LogP contribution is 2.15. The monoisotopic (exact) mass is 307 g/mol. The van der Waals surface area contributed by atoms with Crippen molar-refractivity contribution in [3.05, 3.63) is 29.8 Å². The fraction of sp³-hybridized carbons (Fsp3) is 0.529. The second-order valence-corrected chi connectivity index (χ2v) is 5.22. The van der Waals surface area contributed by atoms with Crippen molar-refractivity contribution >= 4 is 11.9 Å². The Hall–Kier alpha value is -2.04. The number of carbonyl (C=O) groups excluding carboxylic acids is 2. The van der Waals surface area contributed by atoms with Crippen LogP contribution in [-0.4, -0.2) is 42.6 Å². The van der Waals surface area contributed by atoms with Crippen molar-refractivity contribution in [1.82, 2.24) is 4.90 Å². The number of ether oxygens (including phenoxy) is 2. The van der Waals surface area contributed by atoms with Gasteiger partial charge in [0, 0.05) is 13.1 Å². The summed E-state index contributed by atoms with van der Waals surface area (Å²) in [5.41, 5.74) is 0.804. The lowest BCUT2D eigenvalue weighted by molar-refractivity contribution is -0.151. The molecule has 0 aliphatic rings. The van der Waals surface area contributed by atoms with Crippen molar-refractivity contribution in [2.45, 2.75) is 40.2 Å². The number of nitrogens with zero attached hydrogens (tertiary/aromatic N) is 1. The second-order valence-electron chi connectivity index (χ2n) is 5.22. The standard InChI is InChI=1S/C17H25NO4/c1-5-18(6-2)16(19)12-21-17(20)11-14-8-7-9-15(10-14)22-13(3)4/h7-10,13H,5-6,11-12H2,1-4H3. The highest BCUT2D eigenvalue weighted by atomic mass is 16.5. The van der Waals surface area contributed by atoms with Gasteiger partial charge in [-0.1, -0.05) is 12.1 Å². The van der Waals surface area contributed by atoms with Gasteiger partial charge >= 0.3 is 5.97 Å². The molecule has 0 fully saturated rings. The van der Waals surface area contributed by atoms with Crippen molar-refractivity contribution in [1.29, 1.82) is 0 Å². The molecule has 1 rings (SSSR count). The molecule has 0 saturated carbocycles. The van der Waals surface area contributed by atoms with Gasteiger partial charge < -0.3 is 14.4 Å². The van der Waals surface area contributed by atoms with Gasteiger partial charge in [0.05, 0.1) is 12.5 Å². The Balaban J connectivity index is 2.50. The predicted octanol–water partition coefficient (Wildman–Crippen LogP) is 2.43. The number of benzene rings is 1. The van der Waals surface area contributed by atoms with E-state index in [0.29, 0.717) is 13.1 Å². The number of amides is 1. The van der Waals surface area contributed by atoms with Crippen LogP contribution in [0.15, 0.2) is 24.3 Å². The summed E-state index contributed by atoms with van der Waals surface area (Å²) in [5.74, 6) is 0.136. The number of rotatable bonds is 8. The molecule has 1 aromatic carbocycles. The van der Waals surface area contributed by atoms with Crippen LogP contribution in [0.25, 0.3) is 0 Å².